The predicted octanol–water partition coefficient (Wildman–Crippen LogP) is 5.75. The predicted molar refractivity (Wildman–Crippen MR) is 139 cm³/mol. The molecule has 1 unspecified atom stereocenters. The molecule has 1 aromatic heterocycles. The average Bonchev–Trinajstić information content (AvgIpc) is 3.16. The molecule has 5 rings (SSSR count). The number of rotatable bonds is 5. The van der Waals surface area contributed by atoms with E-state index in [0.29, 0.717) is 22.2 Å². The van der Waals surface area contributed by atoms with E-state index in [-0.39, 0.29) is 16.9 Å². The molecule has 1 N–H and O–H groups in total. The molecule has 3 aromatic carbocycles. The van der Waals surface area contributed by atoms with Crippen molar-refractivity contribution >= 4 is 41.1 Å². The Morgan fingerprint density at radius 3 is 2.54 bits per heavy atom. The van der Waals surface area contributed by atoms with E-state index in [9.17, 15) is 14.7 Å². The molecule has 0 bridgehead atoms. The number of aliphatic carboxylic acids is 1. The van der Waals surface area contributed by atoms with Crippen molar-refractivity contribution in [2.45, 2.75) is 12.2 Å². The Balaban J connectivity index is 1.87. The van der Waals surface area contributed by atoms with E-state index in [0.717, 1.165) is 22.3 Å². The minimum atomic E-state index is -1.10. The number of benzene rings is 3. The third-order valence-corrected chi connectivity index (χ3v) is 7.43. The molecule has 1 aliphatic rings. The highest BCUT2D eigenvalue weighted by atomic mass is 35.5. The first-order chi connectivity index (χ1) is 16.9. The number of aryl methyl sites for hydroxylation is 1. The average molecular weight is 504 g/mol. The van der Waals surface area contributed by atoms with Gasteiger partial charge in [-0.1, -0.05) is 83.9 Å². The second kappa shape index (κ2) is 9.60. The summed E-state index contributed by atoms with van der Waals surface area (Å²) in [5, 5.41) is 14.9. The monoisotopic (exact) mass is 503 g/mol. The van der Waals surface area contributed by atoms with Gasteiger partial charge in [-0.3, -0.25) is 14.5 Å². The molecule has 0 radical (unpaired) electrons. The quantitative estimate of drug-likeness (QED) is 0.375. The zero-order valence-electron chi connectivity index (χ0n) is 18.9. The van der Waals surface area contributed by atoms with Gasteiger partial charge in [-0.2, -0.15) is 5.10 Å². The number of anilines is 1. The summed E-state index contributed by atoms with van der Waals surface area (Å²) in [6.07, 6.45) is 0. The minimum absolute atomic E-state index is 0.136. The van der Waals surface area contributed by atoms with Crippen LogP contribution in [0.25, 0.3) is 16.9 Å². The third-order valence-electron chi connectivity index (χ3n) is 5.86. The molecule has 4 aromatic rings. The van der Waals surface area contributed by atoms with Gasteiger partial charge in [0, 0.05) is 11.1 Å². The first kappa shape index (κ1) is 23.2. The molecule has 35 heavy (non-hydrogen) atoms. The van der Waals surface area contributed by atoms with Crippen molar-refractivity contribution in [3.63, 3.8) is 0 Å². The fourth-order valence-electron chi connectivity index (χ4n) is 4.35. The Hall–Kier alpha value is -3.55. The maximum absolute atomic E-state index is 13.3. The zero-order valence-corrected chi connectivity index (χ0v) is 20.5. The highest BCUT2D eigenvalue weighted by Gasteiger charge is 2.38. The Bertz CT molecular complexity index is 1420. The largest absolute Gasteiger partial charge is 0.480 e. The van der Waals surface area contributed by atoms with Crippen LogP contribution in [0.3, 0.4) is 0 Å². The van der Waals surface area contributed by atoms with Gasteiger partial charge in [-0.05, 0) is 24.6 Å². The van der Waals surface area contributed by atoms with Crippen LogP contribution in [-0.4, -0.2) is 39.1 Å². The van der Waals surface area contributed by atoms with Crippen LogP contribution in [-0.2, 0) is 9.59 Å². The highest BCUT2D eigenvalue weighted by Crippen LogP contribution is 2.48. The lowest BCUT2D eigenvalue weighted by molar-refractivity contribution is -0.136. The topological polar surface area (TPSA) is 75.4 Å². The molecule has 176 valence electrons. The van der Waals surface area contributed by atoms with E-state index < -0.39 is 12.5 Å². The molecule has 0 aliphatic carbocycles. The van der Waals surface area contributed by atoms with Crippen molar-refractivity contribution in [1.82, 2.24) is 9.78 Å². The summed E-state index contributed by atoms with van der Waals surface area (Å²) in [7, 11) is 0. The van der Waals surface area contributed by atoms with E-state index in [1.807, 2.05) is 73.7 Å². The number of para-hydroxylation sites is 1. The van der Waals surface area contributed by atoms with E-state index in [1.54, 1.807) is 10.7 Å². The number of fused-ring (bicyclic) bond motifs is 1. The Morgan fingerprint density at radius 2 is 1.83 bits per heavy atom. The van der Waals surface area contributed by atoms with Crippen LogP contribution in [0.4, 0.5) is 5.82 Å². The molecule has 8 heteroatoms. The second-order valence-corrected chi connectivity index (χ2v) is 9.79. The number of carbonyl (C=O) groups is 2. The Morgan fingerprint density at radius 1 is 1.09 bits per heavy atom. The molecule has 6 nitrogen and oxygen atoms in total. The maximum atomic E-state index is 13.3. The van der Waals surface area contributed by atoms with E-state index >= 15 is 0 Å². The van der Waals surface area contributed by atoms with Gasteiger partial charge < -0.3 is 5.11 Å². The van der Waals surface area contributed by atoms with Crippen LogP contribution >= 0.6 is 23.4 Å². The zero-order chi connectivity index (χ0) is 24.5. The molecule has 0 saturated heterocycles. The molecule has 0 fully saturated rings. The number of carboxylic acid groups (broad SMARTS) is 1. The van der Waals surface area contributed by atoms with Gasteiger partial charge in [0.2, 0.25) is 5.91 Å². The first-order valence-corrected chi connectivity index (χ1v) is 12.5. The van der Waals surface area contributed by atoms with Crippen molar-refractivity contribution in [3.8, 4) is 16.9 Å². The van der Waals surface area contributed by atoms with Gasteiger partial charge in [-0.15, -0.1) is 11.8 Å². The number of hydrogen-bond donors (Lipinski definition) is 1. The first-order valence-electron chi connectivity index (χ1n) is 11.1. The lowest BCUT2D eigenvalue weighted by Gasteiger charge is -2.22. The van der Waals surface area contributed by atoms with Crippen LogP contribution < -0.4 is 4.90 Å². The summed E-state index contributed by atoms with van der Waals surface area (Å²) < 4.78 is 1.62. The van der Waals surface area contributed by atoms with Crippen molar-refractivity contribution in [3.05, 3.63) is 101 Å². The number of carbonyl (C=O) groups excluding carboxylic acids is 1. The number of carboxylic acids is 1. The van der Waals surface area contributed by atoms with Gasteiger partial charge >= 0.3 is 5.97 Å². The van der Waals surface area contributed by atoms with Crippen molar-refractivity contribution in [2.75, 3.05) is 17.2 Å². The van der Waals surface area contributed by atoms with Gasteiger partial charge in [0.25, 0.3) is 0 Å². The molecule has 1 amide bonds. The van der Waals surface area contributed by atoms with Crippen molar-refractivity contribution in [1.29, 1.82) is 0 Å². The molecule has 2 heterocycles. The van der Waals surface area contributed by atoms with Crippen LogP contribution in [0, 0.1) is 6.92 Å². The molecule has 1 aliphatic heterocycles. The Kier molecular flexibility index (Phi) is 6.36. The van der Waals surface area contributed by atoms with Crippen LogP contribution in [0.15, 0.2) is 78.9 Å². The molecule has 1 atom stereocenters. The molecular formula is C27H22ClN3O3S. The molecule has 0 saturated carbocycles. The lowest BCUT2D eigenvalue weighted by atomic mass is 9.98. The second-order valence-electron chi connectivity index (χ2n) is 8.29. The highest BCUT2D eigenvalue weighted by molar-refractivity contribution is 8.00. The Labute approximate surface area is 212 Å². The summed E-state index contributed by atoms with van der Waals surface area (Å²) >= 11 is 8.05. The number of hydrogen-bond acceptors (Lipinski definition) is 4. The smallest absolute Gasteiger partial charge is 0.323 e. The molecular weight excluding hydrogens is 482 g/mol. The number of thioether (sulfide) groups is 1. The van der Waals surface area contributed by atoms with E-state index in [2.05, 4.69) is 6.07 Å². The van der Waals surface area contributed by atoms with E-state index in [1.165, 1.54) is 16.7 Å². The number of nitrogens with zero attached hydrogens (tertiary/aromatic N) is 3. The summed E-state index contributed by atoms with van der Waals surface area (Å²) in [6.45, 7) is 1.55. The number of aromatic nitrogens is 2. The van der Waals surface area contributed by atoms with Crippen molar-refractivity contribution in [2.24, 2.45) is 0 Å². The van der Waals surface area contributed by atoms with Gasteiger partial charge in [0.15, 0.2) is 0 Å². The normalized spacial score (nSPS) is 15.5. The molecule has 0 spiro atoms. The van der Waals surface area contributed by atoms with Crippen LogP contribution in [0.2, 0.25) is 5.02 Å². The summed E-state index contributed by atoms with van der Waals surface area (Å²) in [4.78, 5) is 26.5. The SMILES string of the molecule is Cc1cccc(C2SCC(=O)N(CC(=O)O)c3c2c(-c2ccccc2)nn3-c2ccccc2Cl)c1. The third kappa shape index (κ3) is 4.45. The lowest BCUT2D eigenvalue weighted by Crippen LogP contribution is -2.38. The fourth-order valence-corrected chi connectivity index (χ4v) is 5.76. The van der Waals surface area contributed by atoms with Crippen LogP contribution in [0.1, 0.15) is 21.9 Å². The fraction of sp³-hybridized carbons (Fsp3) is 0.148. The van der Waals surface area contributed by atoms with Gasteiger partial charge in [-0.25, -0.2) is 4.68 Å². The maximum Gasteiger partial charge on any atom is 0.323 e. The van der Waals surface area contributed by atoms with E-state index in [4.69, 9.17) is 16.7 Å². The minimum Gasteiger partial charge on any atom is -0.480 e. The number of amides is 1. The standard InChI is InChI=1S/C27H22ClN3O3S/c1-17-8-7-11-19(14-17)26-24-25(18-9-3-2-4-10-18)29-31(21-13-6-5-12-20(21)28)27(24)30(15-23(33)34)22(32)16-35-26/h2-14,26H,15-16H2,1H3,(H,33,34). The summed E-state index contributed by atoms with van der Waals surface area (Å²) in [6, 6.07) is 25.1. The van der Waals surface area contributed by atoms with Gasteiger partial charge in [0.1, 0.15) is 12.4 Å². The van der Waals surface area contributed by atoms with Crippen LogP contribution in [0.5, 0.6) is 0 Å². The van der Waals surface area contributed by atoms with Crippen molar-refractivity contribution < 1.29 is 14.7 Å². The summed E-state index contributed by atoms with van der Waals surface area (Å²) in [5.41, 5.74) is 5.05. The number of halogens is 1. The summed E-state index contributed by atoms with van der Waals surface area (Å²) in [5.74, 6) is -0.823. The van der Waals surface area contributed by atoms with Gasteiger partial charge in [0.05, 0.1) is 27.4 Å².